The topological polar surface area (TPSA) is 111 Å². The van der Waals surface area contributed by atoms with Gasteiger partial charge in [-0.25, -0.2) is 4.79 Å². The number of hydrogen-bond acceptors (Lipinski definition) is 6. The zero-order chi connectivity index (χ0) is 30.2. The van der Waals surface area contributed by atoms with E-state index in [1.807, 2.05) is 60.7 Å². The fourth-order valence-corrected chi connectivity index (χ4v) is 3.86. The molecular formula is C32H27Cl2N3O5. The molecule has 0 saturated heterocycles. The number of benzene rings is 4. The Kier molecular flexibility index (Phi) is 13.0. The highest BCUT2D eigenvalue weighted by molar-refractivity contribution is 6.33. The number of rotatable bonds is 11. The molecule has 4 aromatic rings. The van der Waals surface area contributed by atoms with Crippen LogP contribution >= 0.6 is 23.2 Å². The first-order chi connectivity index (χ1) is 20.4. The van der Waals surface area contributed by atoms with E-state index in [-0.39, 0.29) is 12.3 Å². The summed E-state index contributed by atoms with van der Waals surface area (Å²) in [7, 11) is 0. The fourth-order valence-electron chi connectivity index (χ4n) is 3.42. The van der Waals surface area contributed by atoms with Crippen LogP contribution in [0.4, 0.5) is 0 Å². The van der Waals surface area contributed by atoms with Gasteiger partial charge < -0.3 is 14.2 Å². The van der Waals surface area contributed by atoms with Gasteiger partial charge in [0.15, 0.2) is 6.29 Å². The number of azide groups is 1. The Balaban J connectivity index is 0.000000247. The molecule has 0 aliphatic heterocycles. The lowest BCUT2D eigenvalue weighted by Crippen LogP contribution is -2.05. The van der Waals surface area contributed by atoms with Crippen molar-refractivity contribution in [2.24, 2.45) is 5.11 Å². The number of hydrogen-bond donors (Lipinski definition) is 0. The van der Waals surface area contributed by atoms with Crippen molar-refractivity contribution in [1.29, 1.82) is 0 Å². The van der Waals surface area contributed by atoms with Crippen molar-refractivity contribution in [1.82, 2.24) is 0 Å². The van der Waals surface area contributed by atoms with Crippen molar-refractivity contribution in [3.63, 3.8) is 0 Å². The van der Waals surface area contributed by atoms with Crippen LogP contribution in [-0.4, -0.2) is 18.9 Å². The van der Waals surface area contributed by atoms with Crippen LogP contribution in [0.5, 0.6) is 11.5 Å². The first-order valence-electron chi connectivity index (χ1n) is 12.7. The van der Waals surface area contributed by atoms with E-state index in [9.17, 15) is 9.59 Å². The van der Waals surface area contributed by atoms with Gasteiger partial charge in [0.1, 0.15) is 30.4 Å². The molecule has 4 rings (SSSR count). The molecule has 8 nitrogen and oxygen atoms in total. The highest BCUT2D eigenvalue weighted by Gasteiger charge is 2.10. The Morgan fingerprint density at radius 1 is 0.810 bits per heavy atom. The lowest BCUT2D eigenvalue weighted by Gasteiger charge is -2.08. The Bertz CT molecular complexity index is 1560. The van der Waals surface area contributed by atoms with E-state index >= 15 is 0 Å². The molecule has 0 atom stereocenters. The van der Waals surface area contributed by atoms with Gasteiger partial charge in [-0.3, -0.25) is 4.79 Å². The highest BCUT2D eigenvalue weighted by atomic mass is 35.5. The average Bonchev–Trinajstić information content (AvgIpc) is 3.01. The number of halogens is 2. The predicted octanol–water partition coefficient (Wildman–Crippen LogP) is 8.86. The number of carbonyl (C=O) groups is 2. The lowest BCUT2D eigenvalue weighted by atomic mass is 10.2. The molecule has 0 unspecified atom stereocenters. The van der Waals surface area contributed by atoms with Crippen LogP contribution in [0.15, 0.2) is 108 Å². The van der Waals surface area contributed by atoms with E-state index in [0.717, 1.165) is 17.4 Å². The average molecular weight is 604 g/mol. The Morgan fingerprint density at radius 2 is 1.31 bits per heavy atom. The van der Waals surface area contributed by atoms with Crippen molar-refractivity contribution in [3.8, 4) is 11.5 Å². The lowest BCUT2D eigenvalue weighted by molar-refractivity contribution is -0.138. The van der Waals surface area contributed by atoms with Gasteiger partial charge in [-0.15, -0.1) is 0 Å². The molecule has 0 amide bonds. The van der Waals surface area contributed by atoms with Crippen molar-refractivity contribution in [3.05, 3.63) is 146 Å². The van der Waals surface area contributed by atoms with Crippen LogP contribution in [0.25, 0.3) is 16.5 Å². The van der Waals surface area contributed by atoms with Crippen LogP contribution in [0, 0.1) is 0 Å². The summed E-state index contributed by atoms with van der Waals surface area (Å²) in [5.74, 6) is 0.540. The number of carbonyl (C=O) groups excluding carboxylic acids is 2. The maximum atomic E-state index is 11.8. The Morgan fingerprint density at radius 3 is 1.74 bits per heavy atom. The molecular weight excluding hydrogens is 577 g/mol. The van der Waals surface area contributed by atoms with Gasteiger partial charge in [0.25, 0.3) is 0 Å². The van der Waals surface area contributed by atoms with Crippen molar-refractivity contribution in [2.75, 3.05) is 6.61 Å². The maximum absolute atomic E-state index is 11.8. The third kappa shape index (κ3) is 10.3. The zero-order valence-corrected chi connectivity index (χ0v) is 24.2. The van der Waals surface area contributed by atoms with Gasteiger partial charge in [-0.05, 0) is 71.6 Å². The smallest absolute Gasteiger partial charge is 0.340 e. The van der Waals surface area contributed by atoms with Crippen molar-refractivity contribution >= 4 is 41.5 Å². The van der Waals surface area contributed by atoms with E-state index < -0.39 is 5.97 Å². The van der Waals surface area contributed by atoms with E-state index in [1.165, 1.54) is 6.08 Å². The summed E-state index contributed by atoms with van der Waals surface area (Å²) >= 11 is 12.1. The summed E-state index contributed by atoms with van der Waals surface area (Å²) < 4.78 is 16.1. The molecule has 0 aliphatic carbocycles. The summed E-state index contributed by atoms with van der Waals surface area (Å²) in [6.07, 6.45) is 2.10. The molecule has 0 radical (unpaired) electrons. The quantitative estimate of drug-likeness (QED) is 0.0424. The summed E-state index contributed by atoms with van der Waals surface area (Å²) in [6.45, 7) is 2.74. The molecule has 0 heterocycles. The number of ether oxygens (including phenoxy) is 3. The normalized spacial score (nSPS) is 10.4. The summed E-state index contributed by atoms with van der Waals surface area (Å²) in [4.78, 5) is 25.0. The number of esters is 1. The van der Waals surface area contributed by atoms with Gasteiger partial charge in [0, 0.05) is 10.5 Å². The molecule has 4 aromatic carbocycles. The standard InChI is InChI=1S/C18H16ClN3O3.C14H11ClO2/c1-2-24-18(23)17(21-22-20)10-14-8-9-15(11-16(14)19)25-12-13-6-4-3-5-7-13;15-14-8-13(7-6-12(14)9-16)17-10-11-4-2-1-3-5-11/h3-11H,2,12H2,1H3;1-9H,10H2. The van der Waals surface area contributed by atoms with Crippen LogP contribution < -0.4 is 9.47 Å². The molecule has 0 saturated carbocycles. The molecule has 0 fully saturated rings. The summed E-state index contributed by atoms with van der Waals surface area (Å²) in [5.41, 5.74) is 11.5. The van der Waals surface area contributed by atoms with Crippen molar-refractivity contribution in [2.45, 2.75) is 20.1 Å². The largest absolute Gasteiger partial charge is 0.489 e. The molecule has 0 spiro atoms. The number of aldehydes is 1. The second-order valence-corrected chi connectivity index (χ2v) is 9.29. The molecule has 214 valence electrons. The number of nitrogens with zero attached hydrogens (tertiary/aromatic N) is 3. The van der Waals surface area contributed by atoms with Gasteiger partial charge >= 0.3 is 5.97 Å². The monoisotopic (exact) mass is 603 g/mol. The first kappa shape index (κ1) is 31.8. The molecule has 0 aliphatic rings. The molecule has 42 heavy (non-hydrogen) atoms. The zero-order valence-electron chi connectivity index (χ0n) is 22.7. The third-order valence-electron chi connectivity index (χ3n) is 5.50. The Labute approximate surface area is 253 Å². The summed E-state index contributed by atoms with van der Waals surface area (Å²) in [6, 6.07) is 29.6. The van der Waals surface area contributed by atoms with E-state index in [0.29, 0.717) is 45.9 Å². The van der Waals surface area contributed by atoms with Crippen LogP contribution in [0.1, 0.15) is 34.0 Å². The highest BCUT2D eigenvalue weighted by Crippen LogP contribution is 2.26. The van der Waals surface area contributed by atoms with E-state index in [2.05, 4.69) is 10.0 Å². The minimum absolute atomic E-state index is 0.163. The molecule has 10 heteroatoms. The van der Waals surface area contributed by atoms with E-state index in [1.54, 1.807) is 43.3 Å². The van der Waals surface area contributed by atoms with Crippen LogP contribution in [-0.2, 0) is 22.7 Å². The predicted molar refractivity (Wildman–Crippen MR) is 164 cm³/mol. The van der Waals surface area contributed by atoms with Gasteiger partial charge in [-0.1, -0.05) is 89.0 Å². The SMILES string of the molecule is CCOC(=O)C(=Cc1ccc(OCc2ccccc2)cc1Cl)N=[N+]=[N-].O=Cc1ccc(OCc2ccccc2)cc1Cl. The fraction of sp³-hybridized carbons (Fsp3) is 0.125. The summed E-state index contributed by atoms with van der Waals surface area (Å²) in [5, 5.41) is 4.12. The van der Waals surface area contributed by atoms with Gasteiger partial charge in [0.2, 0.25) is 0 Å². The van der Waals surface area contributed by atoms with Crippen LogP contribution in [0.3, 0.4) is 0 Å². The molecule has 0 aromatic heterocycles. The minimum atomic E-state index is -0.708. The second kappa shape index (κ2) is 17.1. The third-order valence-corrected chi connectivity index (χ3v) is 6.15. The van der Waals surface area contributed by atoms with Crippen molar-refractivity contribution < 1.29 is 23.8 Å². The van der Waals surface area contributed by atoms with E-state index in [4.69, 9.17) is 42.9 Å². The molecule has 0 N–H and O–H groups in total. The Hall–Kier alpha value is -4.75. The molecule has 0 bridgehead atoms. The first-order valence-corrected chi connectivity index (χ1v) is 13.5. The minimum Gasteiger partial charge on any atom is -0.489 e. The van der Waals surface area contributed by atoms with Crippen LogP contribution in [0.2, 0.25) is 10.0 Å². The van der Waals surface area contributed by atoms with Gasteiger partial charge in [-0.2, -0.15) is 0 Å². The maximum Gasteiger partial charge on any atom is 0.340 e. The second-order valence-electron chi connectivity index (χ2n) is 8.47. The van der Waals surface area contributed by atoms with Gasteiger partial charge in [0.05, 0.1) is 16.7 Å².